The minimum absolute atomic E-state index is 1.01. The second-order valence-corrected chi connectivity index (χ2v) is 5.07. The number of hydrogen-bond donors (Lipinski definition) is 1. The van der Waals surface area contributed by atoms with Gasteiger partial charge in [-0.05, 0) is 24.3 Å². The number of aromatic nitrogens is 3. The number of para-hydroxylation sites is 3. The van der Waals surface area contributed by atoms with Crippen molar-refractivity contribution in [2.45, 2.75) is 0 Å². The van der Waals surface area contributed by atoms with Crippen LogP contribution in [0.3, 0.4) is 0 Å². The fourth-order valence-corrected chi connectivity index (χ4v) is 3.05. The summed E-state index contributed by atoms with van der Waals surface area (Å²) in [6, 6.07) is 18.7. The lowest BCUT2D eigenvalue weighted by molar-refractivity contribution is 1.25. The molecule has 0 bridgehead atoms. The van der Waals surface area contributed by atoms with Gasteiger partial charge in [0.15, 0.2) is 0 Å². The predicted molar refractivity (Wildman–Crippen MR) is 82.1 cm³/mol. The fraction of sp³-hybridized carbons (Fsp3) is 0. The van der Waals surface area contributed by atoms with Crippen LogP contribution in [0.5, 0.6) is 0 Å². The van der Waals surface area contributed by atoms with Crippen LogP contribution < -0.4 is 0 Å². The fourth-order valence-electron chi connectivity index (χ4n) is 3.05. The molecule has 0 unspecified atom stereocenters. The first-order chi connectivity index (χ1) is 9.92. The van der Waals surface area contributed by atoms with Gasteiger partial charge < -0.3 is 4.98 Å². The van der Waals surface area contributed by atoms with Crippen molar-refractivity contribution in [2.24, 2.45) is 0 Å². The summed E-state index contributed by atoms with van der Waals surface area (Å²) in [5.41, 5.74) is 5.48. The molecule has 3 heterocycles. The summed E-state index contributed by atoms with van der Waals surface area (Å²) in [4.78, 5) is 8.27. The van der Waals surface area contributed by atoms with E-state index in [4.69, 9.17) is 4.98 Å². The van der Waals surface area contributed by atoms with Crippen molar-refractivity contribution in [1.82, 2.24) is 14.4 Å². The zero-order chi connectivity index (χ0) is 13.1. The molecule has 0 saturated heterocycles. The maximum Gasteiger partial charge on any atom is 0.148 e. The maximum absolute atomic E-state index is 4.81. The van der Waals surface area contributed by atoms with E-state index in [1.165, 1.54) is 10.8 Å². The molecule has 0 fully saturated rings. The van der Waals surface area contributed by atoms with Crippen molar-refractivity contribution < 1.29 is 0 Å². The first-order valence-electron chi connectivity index (χ1n) is 6.68. The van der Waals surface area contributed by atoms with Crippen LogP contribution in [-0.2, 0) is 0 Å². The Kier molecular flexibility index (Phi) is 1.70. The first kappa shape index (κ1) is 10.0. The molecule has 0 spiro atoms. The summed E-state index contributed by atoms with van der Waals surface area (Å²) in [5.74, 6) is 0. The molecule has 0 radical (unpaired) electrons. The number of pyridine rings is 1. The van der Waals surface area contributed by atoms with Gasteiger partial charge in [0, 0.05) is 17.1 Å². The molecule has 0 aliphatic heterocycles. The van der Waals surface area contributed by atoms with Crippen LogP contribution in [0, 0.1) is 0 Å². The van der Waals surface area contributed by atoms with Gasteiger partial charge in [-0.25, -0.2) is 4.98 Å². The van der Waals surface area contributed by atoms with E-state index in [2.05, 4.69) is 64.1 Å². The Labute approximate surface area is 114 Å². The van der Waals surface area contributed by atoms with Crippen LogP contribution in [0.2, 0.25) is 0 Å². The highest BCUT2D eigenvalue weighted by Gasteiger charge is 2.11. The molecule has 0 aliphatic rings. The van der Waals surface area contributed by atoms with E-state index in [9.17, 15) is 0 Å². The van der Waals surface area contributed by atoms with Crippen molar-refractivity contribution in [3.05, 3.63) is 60.8 Å². The molecule has 0 aliphatic carbocycles. The van der Waals surface area contributed by atoms with Crippen LogP contribution >= 0.6 is 0 Å². The van der Waals surface area contributed by atoms with Crippen molar-refractivity contribution >= 4 is 38.5 Å². The lowest BCUT2D eigenvalue weighted by atomic mass is 10.2. The van der Waals surface area contributed by atoms with Crippen LogP contribution in [0.4, 0.5) is 0 Å². The Morgan fingerprint density at radius 2 is 1.70 bits per heavy atom. The van der Waals surface area contributed by atoms with Crippen molar-refractivity contribution in [3.63, 3.8) is 0 Å². The third-order valence-electron chi connectivity index (χ3n) is 3.94. The SMILES string of the molecule is c1ccc2c(c1)nc1c3c(ccn21)[nH]c1ccccc13. The summed E-state index contributed by atoms with van der Waals surface area (Å²) in [7, 11) is 0. The Morgan fingerprint density at radius 1 is 0.850 bits per heavy atom. The number of benzene rings is 2. The smallest absolute Gasteiger partial charge is 0.148 e. The topological polar surface area (TPSA) is 33.1 Å². The van der Waals surface area contributed by atoms with Crippen molar-refractivity contribution in [2.75, 3.05) is 0 Å². The van der Waals surface area contributed by atoms with Gasteiger partial charge in [-0.3, -0.25) is 4.40 Å². The number of rotatable bonds is 0. The second-order valence-electron chi connectivity index (χ2n) is 5.07. The molecule has 3 nitrogen and oxygen atoms in total. The highest BCUT2D eigenvalue weighted by molar-refractivity contribution is 6.14. The molecule has 3 aromatic heterocycles. The van der Waals surface area contributed by atoms with E-state index in [1.54, 1.807) is 0 Å². The molecular formula is C17H11N3. The number of nitrogens with zero attached hydrogens (tertiary/aromatic N) is 2. The number of fused-ring (bicyclic) bond motifs is 7. The van der Waals surface area contributed by atoms with Crippen molar-refractivity contribution in [3.8, 4) is 0 Å². The third-order valence-corrected chi connectivity index (χ3v) is 3.94. The van der Waals surface area contributed by atoms with Crippen LogP contribution in [0.1, 0.15) is 0 Å². The predicted octanol–water partition coefficient (Wildman–Crippen LogP) is 4.12. The highest BCUT2D eigenvalue weighted by atomic mass is 15.0. The normalized spacial score (nSPS) is 12.0. The molecule has 0 saturated carbocycles. The van der Waals surface area contributed by atoms with E-state index in [0.717, 1.165) is 27.7 Å². The van der Waals surface area contributed by atoms with Gasteiger partial charge in [0.1, 0.15) is 5.65 Å². The Hall–Kier alpha value is -2.81. The quantitative estimate of drug-likeness (QED) is 0.444. The molecular weight excluding hydrogens is 246 g/mol. The zero-order valence-electron chi connectivity index (χ0n) is 10.7. The number of imidazole rings is 1. The van der Waals surface area contributed by atoms with Gasteiger partial charge in [-0.1, -0.05) is 30.3 Å². The molecule has 94 valence electrons. The second kappa shape index (κ2) is 3.39. The zero-order valence-corrected chi connectivity index (χ0v) is 10.7. The molecule has 2 aromatic carbocycles. The summed E-state index contributed by atoms with van der Waals surface area (Å²) >= 11 is 0. The summed E-state index contributed by atoms with van der Waals surface area (Å²) in [5, 5.41) is 2.42. The largest absolute Gasteiger partial charge is 0.354 e. The number of nitrogens with one attached hydrogen (secondary N) is 1. The lowest BCUT2D eigenvalue weighted by Crippen LogP contribution is -1.84. The minimum Gasteiger partial charge on any atom is -0.354 e. The molecule has 3 heteroatoms. The third kappa shape index (κ3) is 1.12. The Balaban J connectivity index is 2.14. The molecule has 0 amide bonds. The van der Waals surface area contributed by atoms with Crippen LogP contribution in [-0.4, -0.2) is 14.4 Å². The molecule has 5 aromatic rings. The van der Waals surface area contributed by atoms with Gasteiger partial charge >= 0.3 is 0 Å². The van der Waals surface area contributed by atoms with Gasteiger partial charge in [0.05, 0.1) is 21.9 Å². The molecule has 0 atom stereocenters. The average molecular weight is 257 g/mol. The summed E-state index contributed by atoms with van der Waals surface area (Å²) in [6.45, 7) is 0. The van der Waals surface area contributed by atoms with Crippen LogP contribution in [0.15, 0.2) is 60.8 Å². The van der Waals surface area contributed by atoms with E-state index in [0.29, 0.717) is 0 Å². The molecule has 5 rings (SSSR count). The van der Waals surface area contributed by atoms with Crippen molar-refractivity contribution in [1.29, 1.82) is 0 Å². The van der Waals surface area contributed by atoms with Gasteiger partial charge in [-0.2, -0.15) is 0 Å². The minimum atomic E-state index is 1.01. The standard InChI is InChI=1S/C17H11N3/c1-2-6-12-11(5-1)16-14(18-12)9-10-20-15-8-4-3-7-13(15)19-17(16)20/h1-10,18H. The van der Waals surface area contributed by atoms with Gasteiger partial charge in [-0.15, -0.1) is 0 Å². The van der Waals surface area contributed by atoms with E-state index in [1.807, 2.05) is 6.07 Å². The highest BCUT2D eigenvalue weighted by Crippen LogP contribution is 2.30. The Morgan fingerprint density at radius 3 is 2.70 bits per heavy atom. The molecule has 1 N–H and O–H groups in total. The maximum atomic E-state index is 4.81. The van der Waals surface area contributed by atoms with E-state index < -0.39 is 0 Å². The number of aromatic amines is 1. The molecule has 20 heavy (non-hydrogen) atoms. The van der Waals surface area contributed by atoms with Crippen LogP contribution in [0.25, 0.3) is 38.5 Å². The number of H-pyrrole nitrogens is 1. The van der Waals surface area contributed by atoms with Gasteiger partial charge in [0.25, 0.3) is 0 Å². The Bertz CT molecular complexity index is 1100. The lowest BCUT2D eigenvalue weighted by Gasteiger charge is -1.97. The average Bonchev–Trinajstić information content (AvgIpc) is 3.04. The first-order valence-corrected chi connectivity index (χ1v) is 6.68. The van der Waals surface area contributed by atoms with E-state index >= 15 is 0 Å². The summed E-state index contributed by atoms with van der Waals surface area (Å²) < 4.78 is 2.16. The number of hydrogen-bond acceptors (Lipinski definition) is 1. The monoisotopic (exact) mass is 257 g/mol. The van der Waals surface area contributed by atoms with E-state index in [-0.39, 0.29) is 0 Å². The summed E-state index contributed by atoms with van der Waals surface area (Å²) in [6.07, 6.45) is 2.09. The van der Waals surface area contributed by atoms with Gasteiger partial charge in [0.2, 0.25) is 0 Å².